The van der Waals surface area contributed by atoms with Gasteiger partial charge in [0.25, 0.3) is 11.6 Å². The standard InChI is InChI=1S/C16H20N4O2/c1-10-6-4-5-7-13(10)9-22-15(21)14-18-16-17-11(2)8-12(3)20(16)19-14/h4-5,8,10,13H,6-7,9H2,1-3H3. The van der Waals surface area contributed by atoms with Crippen molar-refractivity contribution >= 4 is 11.7 Å². The average molecular weight is 300 g/mol. The molecule has 6 heteroatoms. The van der Waals surface area contributed by atoms with Gasteiger partial charge in [0.2, 0.25) is 0 Å². The number of carbonyl (C=O) groups is 1. The molecule has 0 N–H and O–H groups in total. The molecule has 0 spiro atoms. The van der Waals surface area contributed by atoms with Crippen LogP contribution in [0.4, 0.5) is 0 Å². The molecular weight excluding hydrogens is 280 g/mol. The maximum atomic E-state index is 12.2. The summed E-state index contributed by atoms with van der Waals surface area (Å²) in [5.41, 5.74) is 1.74. The molecule has 0 bridgehead atoms. The monoisotopic (exact) mass is 300 g/mol. The molecule has 0 saturated carbocycles. The fourth-order valence-corrected chi connectivity index (χ4v) is 2.74. The highest BCUT2D eigenvalue weighted by Crippen LogP contribution is 2.25. The SMILES string of the molecule is Cc1cc(C)n2nc(C(=O)OCC3CC=CCC3C)nc2n1. The van der Waals surface area contributed by atoms with E-state index in [1.165, 1.54) is 0 Å². The van der Waals surface area contributed by atoms with E-state index in [4.69, 9.17) is 4.74 Å². The summed E-state index contributed by atoms with van der Waals surface area (Å²) in [5, 5.41) is 4.19. The molecule has 22 heavy (non-hydrogen) atoms. The van der Waals surface area contributed by atoms with Crippen LogP contribution in [0.1, 0.15) is 41.8 Å². The van der Waals surface area contributed by atoms with E-state index in [1.807, 2.05) is 19.9 Å². The van der Waals surface area contributed by atoms with E-state index in [-0.39, 0.29) is 5.82 Å². The first kappa shape index (κ1) is 14.7. The second kappa shape index (κ2) is 5.87. The number of fused-ring (bicyclic) bond motifs is 1. The Kier molecular flexibility index (Phi) is 3.92. The molecule has 0 radical (unpaired) electrons. The van der Waals surface area contributed by atoms with Crippen LogP contribution < -0.4 is 0 Å². The van der Waals surface area contributed by atoms with E-state index in [0.29, 0.717) is 24.2 Å². The minimum atomic E-state index is -0.482. The number of allylic oxidation sites excluding steroid dienone is 2. The Hall–Kier alpha value is -2.24. The van der Waals surface area contributed by atoms with Gasteiger partial charge in [-0.25, -0.2) is 14.3 Å². The minimum absolute atomic E-state index is 0.0696. The molecule has 0 aliphatic heterocycles. The highest BCUT2D eigenvalue weighted by molar-refractivity contribution is 5.85. The van der Waals surface area contributed by atoms with E-state index >= 15 is 0 Å². The number of rotatable bonds is 3. The van der Waals surface area contributed by atoms with Gasteiger partial charge in [-0.2, -0.15) is 4.98 Å². The Balaban J connectivity index is 1.72. The van der Waals surface area contributed by atoms with Crippen molar-refractivity contribution in [2.24, 2.45) is 11.8 Å². The lowest BCUT2D eigenvalue weighted by Crippen LogP contribution is -2.22. The van der Waals surface area contributed by atoms with Crippen LogP contribution in [-0.4, -0.2) is 32.2 Å². The molecule has 116 valence electrons. The van der Waals surface area contributed by atoms with Crippen LogP contribution in [0.5, 0.6) is 0 Å². The van der Waals surface area contributed by atoms with E-state index in [0.717, 1.165) is 24.2 Å². The lowest BCUT2D eigenvalue weighted by molar-refractivity contribution is 0.0381. The molecule has 0 amide bonds. The third-order valence-electron chi connectivity index (χ3n) is 4.15. The van der Waals surface area contributed by atoms with E-state index in [1.54, 1.807) is 4.52 Å². The van der Waals surface area contributed by atoms with Gasteiger partial charge in [0.1, 0.15) is 0 Å². The van der Waals surface area contributed by atoms with E-state index in [2.05, 4.69) is 34.1 Å². The zero-order valence-corrected chi connectivity index (χ0v) is 13.1. The van der Waals surface area contributed by atoms with Crippen LogP contribution in [0, 0.1) is 25.7 Å². The van der Waals surface area contributed by atoms with E-state index < -0.39 is 5.97 Å². The number of hydrogen-bond donors (Lipinski definition) is 0. The normalized spacial score (nSPS) is 21.2. The van der Waals surface area contributed by atoms with Crippen LogP contribution in [-0.2, 0) is 4.74 Å². The van der Waals surface area contributed by atoms with Crippen LogP contribution in [0.15, 0.2) is 18.2 Å². The summed E-state index contributed by atoms with van der Waals surface area (Å²) in [6.07, 6.45) is 6.32. The maximum absolute atomic E-state index is 12.2. The van der Waals surface area contributed by atoms with Gasteiger partial charge in [-0.3, -0.25) is 0 Å². The zero-order chi connectivity index (χ0) is 15.7. The van der Waals surface area contributed by atoms with Crippen LogP contribution in [0.3, 0.4) is 0 Å². The van der Waals surface area contributed by atoms with Crippen molar-refractivity contribution in [1.82, 2.24) is 19.6 Å². The lowest BCUT2D eigenvalue weighted by Gasteiger charge is -2.24. The Labute approximate surface area is 129 Å². The molecular formula is C16H20N4O2. The Morgan fingerprint density at radius 1 is 1.32 bits per heavy atom. The summed E-state index contributed by atoms with van der Waals surface area (Å²) in [7, 11) is 0. The topological polar surface area (TPSA) is 69.4 Å². The van der Waals surface area contributed by atoms with E-state index in [9.17, 15) is 4.79 Å². The number of aromatic nitrogens is 4. The largest absolute Gasteiger partial charge is 0.459 e. The van der Waals surface area contributed by atoms with Gasteiger partial charge in [0.15, 0.2) is 0 Å². The fourth-order valence-electron chi connectivity index (χ4n) is 2.74. The first-order valence-corrected chi connectivity index (χ1v) is 7.57. The number of esters is 1. The van der Waals surface area contributed by atoms with Crippen molar-refractivity contribution < 1.29 is 9.53 Å². The third-order valence-corrected chi connectivity index (χ3v) is 4.15. The number of carbonyl (C=O) groups excluding carboxylic acids is 1. The first-order chi connectivity index (χ1) is 10.5. The van der Waals surface area contributed by atoms with Crippen molar-refractivity contribution in [2.75, 3.05) is 6.61 Å². The Morgan fingerprint density at radius 3 is 2.86 bits per heavy atom. The molecule has 1 aliphatic rings. The minimum Gasteiger partial charge on any atom is -0.459 e. The molecule has 2 heterocycles. The van der Waals surface area contributed by atoms with Gasteiger partial charge >= 0.3 is 5.97 Å². The molecule has 0 fully saturated rings. The second-order valence-electron chi connectivity index (χ2n) is 5.96. The highest BCUT2D eigenvalue weighted by atomic mass is 16.5. The quantitative estimate of drug-likeness (QED) is 0.643. The molecule has 2 aromatic heterocycles. The Morgan fingerprint density at radius 2 is 2.09 bits per heavy atom. The predicted octanol–water partition coefficient (Wildman–Crippen LogP) is 2.50. The fraction of sp³-hybridized carbons (Fsp3) is 0.500. The smallest absolute Gasteiger partial charge is 0.378 e. The maximum Gasteiger partial charge on any atom is 0.378 e. The van der Waals surface area contributed by atoms with Gasteiger partial charge in [0.05, 0.1) is 6.61 Å². The summed E-state index contributed by atoms with van der Waals surface area (Å²) >= 11 is 0. The van der Waals surface area contributed by atoms with Crippen molar-refractivity contribution in [2.45, 2.75) is 33.6 Å². The summed E-state index contributed by atoms with van der Waals surface area (Å²) in [5.74, 6) is 0.911. The average Bonchev–Trinajstić information content (AvgIpc) is 2.90. The van der Waals surface area contributed by atoms with Crippen molar-refractivity contribution in [3.05, 3.63) is 35.4 Å². The molecule has 3 rings (SSSR count). The first-order valence-electron chi connectivity index (χ1n) is 7.57. The number of aryl methyl sites for hydroxylation is 2. The van der Waals surface area contributed by atoms with Crippen molar-refractivity contribution in [3.63, 3.8) is 0 Å². The van der Waals surface area contributed by atoms with Gasteiger partial charge < -0.3 is 4.74 Å². The Bertz CT molecular complexity index is 735. The molecule has 2 unspecified atom stereocenters. The molecule has 1 aliphatic carbocycles. The molecule has 0 saturated heterocycles. The number of hydrogen-bond acceptors (Lipinski definition) is 5. The lowest BCUT2D eigenvalue weighted by atomic mass is 9.85. The van der Waals surface area contributed by atoms with Crippen molar-refractivity contribution in [1.29, 1.82) is 0 Å². The summed E-state index contributed by atoms with van der Waals surface area (Å²) in [4.78, 5) is 20.6. The van der Waals surface area contributed by atoms with Crippen LogP contribution in [0.25, 0.3) is 5.78 Å². The molecule has 0 aromatic carbocycles. The number of ether oxygens (including phenoxy) is 1. The zero-order valence-electron chi connectivity index (χ0n) is 13.1. The predicted molar refractivity (Wildman–Crippen MR) is 81.6 cm³/mol. The van der Waals surface area contributed by atoms with Gasteiger partial charge in [0, 0.05) is 11.4 Å². The van der Waals surface area contributed by atoms with Crippen LogP contribution >= 0.6 is 0 Å². The molecule has 2 atom stereocenters. The second-order valence-corrected chi connectivity index (χ2v) is 5.96. The third kappa shape index (κ3) is 2.86. The molecule has 6 nitrogen and oxygen atoms in total. The van der Waals surface area contributed by atoms with Gasteiger partial charge in [-0.1, -0.05) is 19.1 Å². The summed E-state index contributed by atoms with van der Waals surface area (Å²) < 4.78 is 6.96. The molecule has 2 aromatic rings. The number of nitrogens with zero attached hydrogens (tertiary/aromatic N) is 4. The highest BCUT2D eigenvalue weighted by Gasteiger charge is 2.22. The summed E-state index contributed by atoms with van der Waals surface area (Å²) in [6, 6.07) is 1.90. The summed E-state index contributed by atoms with van der Waals surface area (Å²) in [6.45, 7) is 6.38. The van der Waals surface area contributed by atoms with Crippen LogP contribution in [0.2, 0.25) is 0 Å². The van der Waals surface area contributed by atoms with Crippen molar-refractivity contribution in [3.8, 4) is 0 Å². The van der Waals surface area contributed by atoms with Gasteiger partial charge in [-0.15, -0.1) is 5.10 Å². The van der Waals surface area contributed by atoms with Gasteiger partial charge in [-0.05, 0) is 44.6 Å².